The number of halogens is 1. The van der Waals surface area contributed by atoms with E-state index in [9.17, 15) is 4.79 Å². The van der Waals surface area contributed by atoms with Crippen LogP contribution in [0.4, 0.5) is 0 Å². The number of carbonyl (C=O) groups is 1. The number of hydrogen-bond acceptors (Lipinski definition) is 1. The van der Waals surface area contributed by atoms with E-state index in [1.807, 2.05) is 42.5 Å². The molecule has 0 aliphatic carbocycles. The van der Waals surface area contributed by atoms with E-state index in [2.05, 4.69) is 47.2 Å². The molecule has 2 aromatic rings. The van der Waals surface area contributed by atoms with Gasteiger partial charge in [-0.05, 0) is 42.2 Å². The Morgan fingerprint density at radius 2 is 1.67 bits per heavy atom. The molecule has 0 aliphatic heterocycles. The fourth-order valence-electron chi connectivity index (χ4n) is 2.28. The van der Waals surface area contributed by atoms with Crippen molar-refractivity contribution in [3.05, 3.63) is 70.2 Å². The van der Waals surface area contributed by atoms with E-state index in [1.54, 1.807) is 0 Å². The third kappa shape index (κ3) is 4.71. The fourth-order valence-corrected chi connectivity index (χ4v) is 2.54. The first kappa shape index (κ1) is 15.8. The average Bonchev–Trinajstić information content (AvgIpc) is 2.47. The van der Waals surface area contributed by atoms with Crippen molar-refractivity contribution >= 4 is 21.8 Å². The topological polar surface area (TPSA) is 29.1 Å². The van der Waals surface area contributed by atoms with Crippen molar-refractivity contribution in [1.29, 1.82) is 0 Å². The lowest BCUT2D eigenvalue weighted by atomic mass is 9.96. The molecule has 2 rings (SSSR count). The van der Waals surface area contributed by atoms with Gasteiger partial charge in [0.15, 0.2) is 0 Å². The van der Waals surface area contributed by atoms with Gasteiger partial charge in [0.25, 0.3) is 5.91 Å². The smallest absolute Gasteiger partial charge is 0.251 e. The molecule has 0 radical (unpaired) electrons. The average molecular weight is 346 g/mol. The Bertz CT molecular complexity index is 578. The van der Waals surface area contributed by atoms with Gasteiger partial charge in [0.2, 0.25) is 0 Å². The molecular formula is C18H20BrNO. The normalized spacial score (nSPS) is 12.2. The van der Waals surface area contributed by atoms with Gasteiger partial charge in [0.1, 0.15) is 0 Å². The number of amides is 1. The van der Waals surface area contributed by atoms with Crippen molar-refractivity contribution in [2.24, 2.45) is 5.92 Å². The van der Waals surface area contributed by atoms with Crippen LogP contribution in [0.2, 0.25) is 0 Å². The third-order valence-electron chi connectivity index (χ3n) is 3.32. The Hall–Kier alpha value is -1.61. The summed E-state index contributed by atoms with van der Waals surface area (Å²) in [7, 11) is 0. The summed E-state index contributed by atoms with van der Waals surface area (Å²) in [6.45, 7) is 4.34. The summed E-state index contributed by atoms with van der Waals surface area (Å²) in [5.74, 6) is 0.484. The first-order valence-electron chi connectivity index (χ1n) is 7.17. The minimum absolute atomic E-state index is 0.0306. The largest absolute Gasteiger partial charge is 0.345 e. The molecule has 0 saturated carbocycles. The molecule has 1 amide bonds. The maximum absolute atomic E-state index is 12.4. The molecule has 21 heavy (non-hydrogen) atoms. The zero-order valence-electron chi connectivity index (χ0n) is 12.3. The number of rotatable bonds is 5. The number of benzene rings is 2. The van der Waals surface area contributed by atoms with Crippen LogP contribution < -0.4 is 5.32 Å². The molecule has 0 spiro atoms. The molecule has 110 valence electrons. The Balaban J connectivity index is 2.15. The van der Waals surface area contributed by atoms with E-state index in [0.717, 1.165) is 16.5 Å². The van der Waals surface area contributed by atoms with E-state index in [-0.39, 0.29) is 11.9 Å². The lowest BCUT2D eigenvalue weighted by Crippen LogP contribution is -2.29. The van der Waals surface area contributed by atoms with Crippen LogP contribution in [0, 0.1) is 5.92 Å². The van der Waals surface area contributed by atoms with Gasteiger partial charge in [-0.3, -0.25) is 4.79 Å². The highest BCUT2D eigenvalue weighted by molar-refractivity contribution is 9.10. The summed E-state index contributed by atoms with van der Waals surface area (Å²) < 4.78 is 0.973. The van der Waals surface area contributed by atoms with Crippen molar-refractivity contribution in [1.82, 2.24) is 5.32 Å². The van der Waals surface area contributed by atoms with Crippen LogP contribution in [0.5, 0.6) is 0 Å². The molecule has 0 fully saturated rings. The monoisotopic (exact) mass is 345 g/mol. The van der Waals surface area contributed by atoms with Crippen LogP contribution in [-0.4, -0.2) is 5.91 Å². The summed E-state index contributed by atoms with van der Waals surface area (Å²) in [5.41, 5.74) is 1.83. The summed E-state index contributed by atoms with van der Waals surface area (Å²) in [6, 6.07) is 17.6. The molecule has 0 saturated heterocycles. The highest BCUT2D eigenvalue weighted by Crippen LogP contribution is 2.22. The zero-order chi connectivity index (χ0) is 15.2. The Morgan fingerprint density at radius 3 is 2.24 bits per heavy atom. The predicted molar refractivity (Wildman–Crippen MR) is 90.2 cm³/mol. The van der Waals surface area contributed by atoms with Crippen LogP contribution in [-0.2, 0) is 0 Å². The van der Waals surface area contributed by atoms with Gasteiger partial charge in [0, 0.05) is 10.0 Å². The Morgan fingerprint density at radius 1 is 1.05 bits per heavy atom. The van der Waals surface area contributed by atoms with Crippen molar-refractivity contribution in [3.63, 3.8) is 0 Å². The molecule has 1 unspecified atom stereocenters. The summed E-state index contributed by atoms with van der Waals surface area (Å²) >= 11 is 3.38. The second-order valence-electron chi connectivity index (χ2n) is 5.57. The van der Waals surface area contributed by atoms with E-state index in [1.165, 1.54) is 0 Å². The minimum atomic E-state index is -0.0306. The second kappa shape index (κ2) is 7.41. The molecule has 2 nitrogen and oxygen atoms in total. The summed E-state index contributed by atoms with van der Waals surface area (Å²) in [6.07, 6.45) is 0.923. The standard InChI is InChI=1S/C18H20BrNO/c1-13(2)12-17(14-6-4-3-5-7-14)20-18(21)15-8-10-16(19)11-9-15/h3-11,13,17H,12H2,1-2H3,(H,20,21). The van der Waals surface area contributed by atoms with Gasteiger partial charge in [-0.15, -0.1) is 0 Å². The maximum atomic E-state index is 12.4. The van der Waals surface area contributed by atoms with Gasteiger partial charge in [0.05, 0.1) is 6.04 Å². The quantitative estimate of drug-likeness (QED) is 0.814. The molecule has 1 N–H and O–H groups in total. The first-order valence-corrected chi connectivity index (χ1v) is 7.97. The molecule has 0 aliphatic rings. The third-order valence-corrected chi connectivity index (χ3v) is 3.85. The van der Waals surface area contributed by atoms with Gasteiger partial charge in [-0.25, -0.2) is 0 Å². The summed E-state index contributed by atoms with van der Waals surface area (Å²) in [4.78, 5) is 12.4. The van der Waals surface area contributed by atoms with Crippen LogP contribution in [0.15, 0.2) is 59.1 Å². The molecule has 0 aromatic heterocycles. The van der Waals surface area contributed by atoms with E-state index < -0.39 is 0 Å². The van der Waals surface area contributed by atoms with Gasteiger partial charge < -0.3 is 5.32 Å². The lowest BCUT2D eigenvalue weighted by molar-refractivity contribution is 0.0932. The molecule has 2 aromatic carbocycles. The lowest BCUT2D eigenvalue weighted by Gasteiger charge is -2.21. The minimum Gasteiger partial charge on any atom is -0.345 e. The highest BCUT2D eigenvalue weighted by Gasteiger charge is 2.16. The van der Waals surface area contributed by atoms with E-state index >= 15 is 0 Å². The second-order valence-corrected chi connectivity index (χ2v) is 6.49. The first-order chi connectivity index (χ1) is 10.1. The highest BCUT2D eigenvalue weighted by atomic mass is 79.9. The molecular weight excluding hydrogens is 326 g/mol. The zero-order valence-corrected chi connectivity index (χ0v) is 13.9. The van der Waals surface area contributed by atoms with Crippen molar-refractivity contribution in [2.45, 2.75) is 26.3 Å². The number of hydrogen-bond donors (Lipinski definition) is 1. The maximum Gasteiger partial charge on any atom is 0.251 e. The van der Waals surface area contributed by atoms with Crippen molar-refractivity contribution in [2.75, 3.05) is 0 Å². The predicted octanol–water partition coefficient (Wildman–Crippen LogP) is 4.97. The fraction of sp³-hybridized carbons (Fsp3) is 0.278. The number of nitrogens with one attached hydrogen (secondary N) is 1. The molecule has 3 heteroatoms. The van der Waals surface area contributed by atoms with E-state index in [0.29, 0.717) is 11.5 Å². The molecule has 1 atom stereocenters. The Kier molecular flexibility index (Phi) is 5.57. The van der Waals surface area contributed by atoms with Gasteiger partial charge in [-0.1, -0.05) is 60.1 Å². The van der Waals surface area contributed by atoms with E-state index in [4.69, 9.17) is 0 Å². The van der Waals surface area contributed by atoms with Crippen molar-refractivity contribution < 1.29 is 4.79 Å². The van der Waals surface area contributed by atoms with Gasteiger partial charge in [-0.2, -0.15) is 0 Å². The van der Waals surface area contributed by atoms with Crippen LogP contribution in [0.25, 0.3) is 0 Å². The van der Waals surface area contributed by atoms with Crippen LogP contribution in [0.3, 0.4) is 0 Å². The molecule has 0 bridgehead atoms. The Labute approximate surface area is 134 Å². The van der Waals surface area contributed by atoms with Crippen molar-refractivity contribution in [3.8, 4) is 0 Å². The molecule has 0 heterocycles. The van der Waals surface area contributed by atoms with Gasteiger partial charge >= 0.3 is 0 Å². The summed E-state index contributed by atoms with van der Waals surface area (Å²) in [5, 5.41) is 3.15. The van der Waals surface area contributed by atoms with Crippen LogP contribution >= 0.6 is 15.9 Å². The SMILES string of the molecule is CC(C)CC(NC(=O)c1ccc(Br)cc1)c1ccccc1. The number of carbonyl (C=O) groups excluding carboxylic acids is 1. The van der Waals surface area contributed by atoms with Crippen LogP contribution in [0.1, 0.15) is 42.2 Å².